The molecular weight excluding hydrogens is 262 g/mol. The molecule has 20 heavy (non-hydrogen) atoms. The summed E-state index contributed by atoms with van der Waals surface area (Å²) in [6.07, 6.45) is 2.59. The number of rotatable bonds is 5. The third-order valence-corrected chi connectivity index (χ3v) is 2.86. The number of benzene rings is 1. The van der Waals surface area contributed by atoms with Gasteiger partial charge in [-0.25, -0.2) is 5.84 Å². The van der Waals surface area contributed by atoms with E-state index in [9.17, 15) is 14.9 Å². The predicted octanol–water partition coefficient (Wildman–Crippen LogP) is 0.565. The smallest absolute Gasteiger partial charge is 0.358 e. The minimum Gasteiger partial charge on any atom is -0.358 e. The number of nitrogens with two attached hydrogens (primary N) is 1. The Bertz CT molecular complexity index is 611. The van der Waals surface area contributed by atoms with Gasteiger partial charge in [0, 0.05) is 6.54 Å². The van der Waals surface area contributed by atoms with E-state index in [0.29, 0.717) is 0 Å². The Hall–Kier alpha value is -2.74. The first kappa shape index (κ1) is 13.7. The topological polar surface area (TPSA) is 116 Å². The van der Waals surface area contributed by atoms with E-state index < -0.39 is 10.8 Å². The minimum absolute atomic E-state index is 0.216. The van der Waals surface area contributed by atoms with Crippen LogP contribution in [0, 0.1) is 10.1 Å². The number of hydrogen-bond donors (Lipinski definition) is 2. The lowest BCUT2D eigenvalue weighted by atomic mass is 9.98. The lowest BCUT2D eigenvalue weighted by Crippen LogP contribution is -2.36. The fourth-order valence-corrected chi connectivity index (χ4v) is 1.88. The van der Waals surface area contributed by atoms with Gasteiger partial charge in [0.15, 0.2) is 0 Å². The molecule has 1 atom stereocenters. The number of carbonyl (C=O) groups is 1. The fourth-order valence-electron chi connectivity index (χ4n) is 1.88. The molecule has 1 aromatic heterocycles. The van der Waals surface area contributed by atoms with Crippen molar-refractivity contribution in [2.75, 3.05) is 0 Å². The molecule has 2 aromatic rings. The van der Waals surface area contributed by atoms with Gasteiger partial charge < -0.3 is 14.7 Å². The average molecular weight is 275 g/mol. The van der Waals surface area contributed by atoms with Gasteiger partial charge in [0.05, 0.1) is 5.92 Å². The molecule has 0 fully saturated rings. The summed E-state index contributed by atoms with van der Waals surface area (Å²) in [4.78, 5) is 25.5. The van der Waals surface area contributed by atoms with Crippen molar-refractivity contribution in [3.8, 4) is 0 Å². The zero-order chi connectivity index (χ0) is 14.5. The summed E-state index contributed by atoms with van der Waals surface area (Å²) in [5.74, 6) is 4.01. The number of carbonyl (C=O) groups excluding carboxylic acids is 1. The number of amides is 1. The molecule has 3 N–H and O–H groups in total. The third-order valence-electron chi connectivity index (χ3n) is 2.86. The molecule has 2 rings (SSSR count). The van der Waals surface area contributed by atoms with Crippen molar-refractivity contribution in [3.63, 3.8) is 0 Å². The first-order valence-electron chi connectivity index (χ1n) is 5.83. The lowest BCUT2D eigenvalue weighted by Gasteiger charge is -2.15. The number of aromatic nitrogens is 2. The molecule has 1 unspecified atom stereocenters. The Kier molecular flexibility index (Phi) is 4.06. The normalized spacial score (nSPS) is 11.8. The molecule has 1 amide bonds. The Morgan fingerprint density at radius 3 is 2.70 bits per heavy atom. The van der Waals surface area contributed by atoms with Gasteiger partial charge in [-0.05, 0) is 15.5 Å². The van der Waals surface area contributed by atoms with Crippen LogP contribution in [0.25, 0.3) is 0 Å². The van der Waals surface area contributed by atoms with Crippen molar-refractivity contribution in [3.05, 3.63) is 58.5 Å². The van der Waals surface area contributed by atoms with Crippen molar-refractivity contribution in [2.45, 2.75) is 12.5 Å². The molecule has 0 radical (unpaired) electrons. The molecule has 0 saturated heterocycles. The molecule has 1 heterocycles. The molecular formula is C12H13N5O3. The van der Waals surface area contributed by atoms with Gasteiger partial charge in [0.1, 0.15) is 6.20 Å². The Labute approximate surface area is 114 Å². The second-order valence-corrected chi connectivity index (χ2v) is 4.16. The SMILES string of the molecule is NNC(=O)C(Cn1cnc([N+](=O)[O-])c1)c1ccccc1. The zero-order valence-corrected chi connectivity index (χ0v) is 10.5. The maximum absolute atomic E-state index is 11.9. The Morgan fingerprint density at radius 1 is 1.45 bits per heavy atom. The van der Waals surface area contributed by atoms with E-state index in [1.165, 1.54) is 17.1 Å². The van der Waals surface area contributed by atoms with Gasteiger partial charge >= 0.3 is 5.82 Å². The predicted molar refractivity (Wildman–Crippen MR) is 70.4 cm³/mol. The molecule has 0 aliphatic carbocycles. The third kappa shape index (κ3) is 2.98. The molecule has 1 aromatic carbocycles. The van der Waals surface area contributed by atoms with Crippen LogP contribution < -0.4 is 11.3 Å². The molecule has 104 valence electrons. The first-order chi connectivity index (χ1) is 9.61. The Balaban J connectivity index is 2.24. The molecule has 8 heteroatoms. The van der Waals surface area contributed by atoms with E-state index in [1.54, 1.807) is 12.1 Å². The second kappa shape index (κ2) is 5.93. The number of hydrogen-bond acceptors (Lipinski definition) is 5. The van der Waals surface area contributed by atoms with Crippen LogP contribution in [0.5, 0.6) is 0 Å². The lowest BCUT2D eigenvalue weighted by molar-refractivity contribution is -0.389. The fraction of sp³-hybridized carbons (Fsp3) is 0.167. The number of hydrazine groups is 1. The van der Waals surface area contributed by atoms with Crippen molar-refractivity contribution < 1.29 is 9.72 Å². The van der Waals surface area contributed by atoms with E-state index in [1.807, 2.05) is 18.2 Å². The summed E-state index contributed by atoms with van der Waals surface area (Å²) >= 11 is 0. The van der Waals surface area contributed by atoms with Gasteiger partial charge in [-0.3, -0.25) is 10.2 Å². The maximum atomic E-state index is 11.9. The van der Waals surface area contributed by atoms with Crippen molar-refractivity contribution in [1.29, 1.82) is 0 Å². The molecule has 0 bridgehead atoms. The highest BCUT2D eigenvalue weighted by atomic mass is 16.6. The van der Waals surface area contributed by atoms with Gasteiger partial charge in [-0.2, -0.15) is 0 Å². The van der Waals surface area contributed by atoms with E-state index >= 15 is 0 Å². The highest BCUT2D eigenvalue weighted by Crippen LogP contribution is 2.19. The van der Waals surface area contributed by atoms with Crippen molar-refractivity contribution in [1.82, 2.24) is 15.0 Å². The average Bonchev–Trinajstić information content (AvgIpc) is 2.94. The molecule has 0 saturated carbocycles. The van der Waals surface area contributed by atoms with Gasteiger partial charge in [-0.1, -0.05) is 30.3 Å². The standard InChI is InChI=1S/C12H13N5O3/c13-15-12(18)10(9-4-2-1-3-5-9)6-16-7-11(14-8-16)17(19)20/h1-5,7-8,10H,6,13H2,(H,15,18). The minimum atomic E-state index is -0.586. The summed E-state index contributed by atoms with van der Waals surface area (Å²) in [7, 11) is 0. The molecule has 0 aliphatic heterocycles. The van der Waals surface area contributed by atoms with Crippen LogP contribution in [0.1, 0.15) is 11.5 Å². The highest BCUT2D eigenvalue weighted by molar-refractivity contribution is 5.82. The van der Waals surface area contributed by atoms with Crippen LogP contribution in [0.15, 0.2) is 42.9 Å². The number of imidazole rings is 1. The van der Waals surface area contributed by atoms with Crippen molar-refractivity contribution in [2.24, 2.45) is 5.84 Å². The van der Waals surface area contributed by atoms with Crippen LogP contribution in [0.2, 0.25) is 0 Å². The number of nitro groups is 1. The first-order valence-corrected chi connectivity index (χ1v) is 5.83. The van der Waals surface area contributed by atoms with E-state index in [-0.39, 0.29) is 18.3 Å². The number of nitrogens with one attached hydrogen (secondary N) is 1. The molecule has 0 spiro atoms. The summed E-state index contributed by atoms with van der Waals surface area (Å²) in [6.45, 7) is 0.216. The maximum Gasteiger partial charge on any atom is 0.381 e. The van der Waals surface area contributed by atoms with E-state index in [0.717, 1.165) is 5.56 Å². The molecule has 8 nitrogen and oxygen atoms in total. The second-order valence-electron chi connectivity index (χ2n) is 4.16. The highest BCUT2D eigenvalue weighted by Gasteiger charge is 2.22. The van der Waals surface area contributed by atoms with E-state index in [4.69, 9.17) is 5.84 Å². The summed E-state index contributed by atoms with van der Waals surface area (Å²) in [5.41, 5.74) is 2.88. The van der Waals surface area contributed by atoms with Crippen LogP contribution in [-0.4, -0.2) is 20.4 Å². The van der Waals surface area contributed by atoms with Gasteiger partial charge in [-0.15, -0.1) is 0 Å². The van der Waals surface area contributed by atoms with E-state index in [2.05, 4.69) is 10.4 Å². The van der Waals surface area contributed by atoms with Gasteiger partial charge in [0.2, 0.25) is 12.2 Å². The van der Waals surface area contributed by atoms with Crippen LogP contribution in [0.4, 0.5) is 5.82 Å². The van der Waals surface area contributed by atoms with Crippen LogP contribution >= 0.6 is 0 Å². The Morgan fingerprint density at radius 2 is 2.15 bits per heavy atom. The summed E-state index contributed by atoms with van der Waals surface area (Å²) in [5, 5.41) is 10.6. The summed E-state index contributed by atoms with van der Waals surface area (Å²) in [6, 6.07) is 9.05. The molecule has 0 aliphatic rings. The number of nitrogens with zero attached hydrogens (tertiary/aromatic N) is 3. The largest absolute Gasteiger partial charge is 0.381 e. The van der Waals surface area contributed by atoms with Gasteiger partial charge in [0.25, 0.3) is 0 Å². The quantitative estimate of drug-likeness (QED) is 0.358. The zero-order valence-electron chi connectivity index (χ0n) is 10.5. The van der Waals surface area contributed by atoms with Crippen molar-refractivity contribution >= 4 is 11.7 Å². The van der Waals surface area contributed by atoms with Crippen LogP contribution in [-0.2, 0) is 11.3 Å². The summed E-state index contributed by atoms with van der Waals surface area (Å²) < 4.78 is 1.49. The van der Waals surface area contributed by atoms with Crippen LogP contribution in [0.3, 0.4) is 0 Å². The monoisotopic (exact) mass is 275 g/mol.